The van der Waals surface area contributed by atoms with Gasteiger partial charge in [-0.2, -0.15) is 0 Å². The molecule has 0 bridgehead atoms. The lowest BCUT2D eigenvalue weighted by Crippen LogP contribution is -2.47. The van der Waals surface area contributed by atoms with Crippen LogP contribution in [0.15, 0.2) is 0 Å². The molecule has 2 aliphatic heterocycles. The van der Waals surface area contributed by atoms with Crippen molar-refractivity contribution in [2.24, 2.45) is 0 Å². The van der Waals surface area contributed by atoms with E-state index in [1.807, 2.05) is 0 Å². The van der Waals surface area contributed by atoms with Gasteiger partial charge in [0.25, 0.3) is 0 Å². The van der Waals surface area contributed by atoms with Crippen LogP contribution in [0.5, 0.6) is 0 Å². The van der Waals surface area contributed by atoms with Crippen molar-refractivity contribution in [1.82, 2.24) is 15.3 Å². The molecular weight excluding hydrogens is 182 g/mol. The van der Waals surface area contributed by atoms with Crippen LogP contribution in [0.1, 0.15) is 12.8 Å². The van der Waals surface area contributed by atoms with Gasteiger partial charge in [0, 0.05) is 39.3 Å². The molecule has 0 atom stereocenters. The zero-order valence-corrected chi connectivity index (χ0v) is 8.37. The van der Waals surface area contributed by atoms with Gasteiger partial charge in [-0.25, -0.2) is 4.79 Å². The summed E-state index contributed by atoms with van der Waals surface area (Å²) in [6.07, 6.45) is 2.08. The minimum absolute atomic E-state index is 0.187. The number of hydroxylamine groups is 2. The van der Waals surface area contributed by atoms with Crippen LogP contribution in [0.25, 0.3) is 0 Å². The van der Waals surface area contributed by atoms with Crippen molar-refractivity contribution in [3.8, 4) is 0 Å². The summed E-state index contributed by atoms with van der Waals surface area (Å²) in [7, 11) is 0. The molecule has 80 valence electrons. The van der Waals surface area contributed by atoms with Crippen LogP contribution in [0.3, 0.4) is 0 Å². The molecule has 2 rings (SSSR count). The maximum atomic E-state index is 11.6. The van der Waals surface area contributed by atoms with Crippen LogP contribution in [-0.4, -0.2) is 55.3 Å². The number of carbonyl (C=O) groups excluding carboxylic acids is 1. The fourth-order valence-electron chi connectivity index (χ4n) is 1.79. The molecule has 0 aromatic heterocycles. The average Bonchev–Trinajstić information content (AvgIpc) is 2.72. The summed E-state index contributed by atoms with van der Waals surface area (Å²) in [6.45, 7) is 5.03. The molecule has 0 aliphatic carbocycles. The van der Waals surface area contributed by atoms with E-state index < -0.39 is 0 Å². The van der Waals surface area contributed by atoms with Crippen LogP contribution in [0.4, 0.5) is 4.79 Å². The van der Waals surface area contributed by atoms with Crippen LogP contribution in [0, 0.1) is 0 Å². The quantitative estimate of drug-likeness (QED) is 0.647. The summed E-state index contributed by atoms with van der Waals surface area (Å²) in [5.74, 6) is 0. The molecule has 0 unspecified atom stereocenters. The first-order valence-corrected chi connectivity index (χ1v) is 5.29. The molecule has 2 saturated heterocycles. The van der Waals surface area contributed by atoms with Gasteiger partial charge in [0.05, 0.1) is 0 Å². The van der Waals surface area contributed by atoms with Gasteiger partial charge in [-0.15, -0.1) is 5.06 Å². The van der Waals surface area contributed by atoms with Gasteiger partial charge in [0.15, 0.2) is 0 Å². The second-order valence-corrected chi connectivity index (χ2v) is 3.73. The van der Waals surface area contributed by atoms with E-state index in [9.17, 15) is 4.79 Å². The van der Waals surface area contributed by atoms with Gasteiger partial charge in [0.1, 0.15) is 0 Å². The highest BCUT2D eigenvalue weighted by Gasteiger charge is 2.22. The maximum Gasteiger partial charge on any atom is 0.429 e. The van der Waals surface area contributed by atoms with E-state index in [0.29, 0.717) is 0 Å². The molecule has 2 aliphatic rings. The molecule has 1 amide bonds. The largest absolute Gasteiger partial charge is 0.429 e. The van der Waals surface area contributed by atoms with E-state index in [0.717, 1.165) is 52.1 Å². The Morgan fingerprint density at radius 3 is 2.36 bits per heavy atom. The summed E-state index contributed by atoms with van der Waals surface area (Å²) in [6, 6.07) is 0. The normalized spacial score (nSPS) is 23.9. The van der Waals surface area contributed by atoms with E-state index in [4.69, 9.17) is 4.84 Å². The predicted octanol–water partition coefficient (Wildman–Crippen LogP) is 0.0390. The van der Waals surface area contributed by atoms with Crippen molar-refractivity contribution >= 4 is 6.09 Å². The second-order valence-electron chi connectivity index (χ2n) is 3.73. The van der Waals surface area contributed by atoms with Crippen LogP contribution < -0.4 is 5.32 Å². The van der Waals surface area contributed by atoms with Gasteiger partial charge < -0.3 is 15.1 Å². The van der Waals surface area contributed by atoms with Gasteiger partial charge in [-0.3, -0.25) is 0 Å². The first kappa shape index (κ1) is 9.73. The molecule has 0 aromatic carbocycles. The molecule has 5 heteroatoms. The number of carbonyl (C=O) groups is 1. The zero-order chi connectivity index (χ0) is 9.80. The molecule has 2 heterocycles. The standard InChI is InChI=1S/C9H17N3O2/c13-9(11-7-3-10-4-8-11)14-12-5-1-2-6-12/h10H,1-8H2. The van der Waals surface area contributed by atoms with Crippen molar-refractivity contribution < 1.29 is 9.63 Å². The molecule has 5 nitrogen and oxygen atoms in total. The Morgan fingerprint density at radius 1 is 1.07 bits per heavy atom. The lowest BCUT2D eigenvalue weighted by molar-refractivity contribution is -0.0953. The number of hydrogen-bond acceptors (Lipinski definition) is 4. The number of nitrogens with one attached hydrogen (secondary N) is 1. The first-order chi connectivity index (χ1) is 6.86. The van der Waals surface area contributed by atoms with E-state index >= 15 is 0 Å². The van der Waals surface area contributed by atoms with E-state index in [2.05, 4.69) is 5.32 Å². The predicted molar refractivity (Wildman–Crippen MR) is 51.7 cm³/mol. The second kappa shape index (κ2) is 4.61. The first-order valence-electron chi connectivity index (χ1n) is 5.29. The Morgan fingerprint density at radius 2 is 1.71 bits per heavy atom. The Balaban J connectivity index is 1.75. The Labute approximate surface area is 83.9 Å². The topological polar surface area (TPSA) is 44.8 Å². The Kier molecular flexibility index (Phi) is 3.21. The third-order valence-corrected chi connectivity index (χ3v) is 2.65. The summed E-state index contributed by atoms with van der Waals surface area (Å²) in [4.78, 5) is 18.6. The van der Waals surface area contributed by atoms with Gasteiger partial charge in [0.2, 0.25) is 0 Å². The Hall–Kier alpha value is -0.810. The Bertz CT molecular complexity index is 198. The molecule has 1 N–H and O–H groups in total. The fourth-order valence-corrected chi connectivity index (χ4v) is 1.79. The molecule has 0 radical (unpaired) electrons. The highest BCUT2D eigenvalue weighted by molar-refractivity contribution is 5.67. The summed E-state index contributed by atoms with van der Waals surface area (Å²) >= 11 is 0. The third kappa shape index (κ3) is 2.36. The summed E-state index contributed by atoms with van der Waals surface area (Å²) < 4.78 is 0. The van der Waals surface area contributed by atoms with Crippen molar-refractivity contribution in [2.75, 3.05) is 39.3 Å². The number of amides is 1. The average molecular weight is 199 g/mol. The molecule has 0 spiro atoms. The lowest BCUT2D eigenvalue weighted by Gasteiger charge is -2.28. The van der Waals surface area contributed by atoms with Crippen molar-refractivity contribution in [2.45, 2.75) is 12.8 Å². The highest BCUT2D eigenvalue weighted by atomic mass is 16.7. The molecule has 0 aromatic rings. The lowest BCUT2D eigenvalue weighted by atomic mass is 10.4. The van der Waals surface area contributed by atoms with Gasteiger partial charge in [-0.05, 0) is 12.8 Å². The van der Waals surface area contributed by atoms with E-state index in [1.165, 1.54) is 0 Å². The number of rotatable bonds is 1. The molecule has 0 saturated carbocycles. The summed E-state index contributed by atoms with van der Waals surface area (Å²) in [5, 5.41) is 4.97. The smallest absolute Gasteiger partial charge is 0.351 e. The SMILES string of the molecule is O=C(ON1CCCC1)N1CCNCC1. The minimum Gasteiger partial charge on any atom is -0.351 e. The zero-order valence-electron chi connectivity index (χ0n) is 8.37. The van der Waals surface area contributed by atoms with E-state index in [1.54, 1.807) is 9.96 Å². The van der Waals surface area contributed by atoms with Crippen molar-refractivity contribution in [3.05, 3.63) is 0 Å². The van der Waals surface area contributed by atoms with Gasteiger partial charge >= 0.3 is 6.09 Å². The minimum atomic E-state index is -0.187. The number of hydrogen-bond donors (Lipinski definition) is 1. The molecule has 2 fully saturated rings. The monoisotopic (exact) mass is 199 g/mol. The van der Waals surface area contributed by atoms with Gasteiger partial charge in [-0.1, -0.05) is 0 Å². The van der Waals surface area contributed by atoms with Crippen molar-refractivity contribution in [3.63, 3.8) is 0 Å². The number of nitrogens with zero attached hydrogens (tertiary/aromatic N) is 2. The fraction of sp³-hybridized carbons (Fsp3) is 0.889. The van der Waals surface area contributed by atoms with Crippen molar-refractivity contribution in [1.29, 1.82) is 0 Å². The highest BCUT2D eigenvalue weighted by Crippen LogP contribution is 2.09. The van der Waals surface area contributed by atoms with Crippen LogP contribution in [-0.2, 0) is 4.84 Å². The molecular formula is C9H17N3O2. The number of piperazine rings is 1. The van der Waals surface area contributed by atoms with Crippen LogP contribution >= 0.6 is 0 Å². The van der Waals surface area contributed by atoms with E-state index in [-0.39, 0.29) is 6.09 Å². The maximum absolute atomic E-state index is 11.6. The summed E-state index contributed by atoms with van der Waals surface area (Å²) in [5.41, 5.74) is 0. The van der Waals surface area contributed by atoms with Crippen LogP contribution in [0.2, 0.25) is 0 Å². The third-order valence-electron chi connectivity index (χ3n) is 2.65. The molecule has 14 heavy (non-hydrogen) atoms.